The van der Waals surface area contributed by atoms with Crippen molar-refractivity contribution in [3.63, 3.8) is 0 Å². The van der Waals surface area contributed by atoms with Crippen LogP contribution in [0.4, 0.5) is 11.4 Å². The summed E-state index contributed by atoms with van der Waals surface area (Å²) in [5.74, 6) is 0.556. The van der Waals surface area contributed by atoms with Crippen molar-refractivity contribution in [3.05, 3.63) is 33.9 Å². The summed E-state index contributed by atoms with van der Waals surface area (Å²) >= 11 is 0. The number of piperidine rings is 1. The van der Waals surface area contributed by atoms with E-state index < -0.39 is 0 Å². The Morgan fingerprint density at radius 3 is 2.79 bits per heavy atom. The minimum atomic E-state index is -0.338. The van der Waals surface area contributed by atoms with Gasteiger partial charge in [0, 0.05) is 37.5 Å². The number of nitro groups is 1. The zero-order chi connectivity index (χ0) is 14.0. The number of benzene rings is 1. The molecule has 2 unspecified atom stereocenters. The standard InChI is InChI=1S/C14H20N2O3/c1-10-6-7-15(9-14(10)19-3)12-4-5-13(16(17)18)11(2)8-12/h4-5,8,10,14H,6-7,9H2,1-3H3. The Balaban J connectivity index is 2.18. The number of rotatable bonds is 3. The maximum absolute atomic E-state index is 10.8. The van der Waals surface area contributed by atoms with E-state index in [2.05, 4.69) is 11.8 Å². The molecule has 2 rings (SSSR count). The second-order valence-corrected chi connectivity index (χ2v) is 5.21. The van der Waals surface area contributed by atoms with Crippen LogP contribution >= 0.6 is 0 Å². The van der Waals surface area contributed by atoms with E-state index in [4.69, 9.17) is 4.74 Å². The van der Waals surface area contributed by atoms with E-state index in [9.17, 15) is 10.1 Å². The summed E-state index contributed by atoms with van der Waals surface area (Å²) in [7, 11) is 1.74. The summed E-state index contributed by atoms with van der Waals surface area (Å²) in [4.78, 5) is 12.7. The van der Waals surface area contributed by atoms with Crippen LogP contribution in [0.1, 0.15) is 18.9 Å². The molecule has 5 heteroatoms. The van der Waals surface area contributed by atoms with Crippen molar-refractivity contribution in [2.45, 2.75) is 26.4 Å². The first kappa shape index (κ1) is 13.8. The average Bonchev–Trinajstić information content (AvgIpc) is 2.38. The Kier molecular flexibility index (Phi) is 4.04. The zero-order valence-electron chi connectivity index (χ0n) is 11.6. The van der Waals surface area contributed by atoms with Crippen LogP contribution in [0.2, 0.25) is 0 Å². The molecule has 1 fully saturated rings. The number of hydrogen-bond donors (Lipinski definition) is 0. The first-order valence-electron chi connectivity index (χ1n) is 6.55. The van der Waals surface area contributed by atoms with Crippen molar-refractivity contribution < 1.29 is 9.66 Å². The highest BCUT2D eigenvalue weighted by atomic mass is 16.6. The number of hydrogen-bond acceptors (Lipinski definition) is 4. The predicted octanol–water partition coefficient (Wildman–Crippen LogP) is 2.76. The van der Waals surface area contributed by atoms with Gasteiger partial charge in [-0.15, -0.1) is 0 Å². The summed E-state index contributed by atoms with van der Waals surface area (Å²) in [6.45, 7) is 5.79. The third-order valence-corrected chi connectivity index (χ3v) is 3.93. The Morgan fingerprint density at radius 2 is 2.21 bits per heavy atom. The molecule has 1 aromatic rings. The fraction of sp³-hybridized carbons (Fsp3) is 0.571. The zero-order valence-corrected chi connectivity index (χ0v) is 11.6. The maximum atomic E-state index is 10.8. The predicted molar refractivity (Wildman–Crippen MR) is 74.6 cm³/mol. The third-order valence-electron chi connectivity index (χ3n) is 3.93. The van der Waals surface area contributed by atoms with Crippen molar-refractivity contribution in [2.24, 2.45) is 5.92 Å². The lowest BCUT2D eigenvalue weighted by atomic mass is 9.95. The normalized spacial score (nSPS) is 23.4. The molecule has 0 bridgehead atoms. The Bertz CT molecular complexity index is 476. The van der Waals surface area contributed by atoms with Crippen LogP contribution in [-0.4, -0.2) is 31.2 Å². The summed E-state index contributed by atoms with van der Waals surface area (Å²) in [6, 6.07) is 5.30. The molecule has 1 aromatic carbocycles. The van der Waals surface area contributed by atoms with Gasteiger partial charge in [-0.1, -0.05) is 6.92 Å². The number of aryl methyl sites for hydroxylation is 1. The van der Waals surface area contributed by atoms with Gasteiger partial charge < -0.3 is 9.64 Å². The van der Waals surface area contributed by atoms with Gasteiger partial charge in [-0.2, -0.15) is 0 Å². The highest BCUT2D eigenvalue weighted by Crippen LogP contribution is 2.28. The molecule has 0 spiro atoms. The number of ether oxygens (including phenoxy) is 1. The monoisotopic (exact) mass is 264 g/mol. The Morgan fingerprint density at radius 1 is 1.47 bits per heavy atom. The van der Waals surface area contributed by atoms with Gasteiger partial charge in [0.25, 0.3) is 5.69 Å². The molecule has 1 aliphatic heterocycles. The van der Waals surface area contributed by atoms with Gasteiger partial charge >= 0.3 is 0 Å². The molecular formula is C14H20N2O3. The molecule has 0 aliphatic carbocycles. The Hall–Kier alpha value is -1.62. The second-order valence-electron chi connectivity index (χ2n) is 5.21. The van der Waals surface area contributed by atoms with Gasteiger partial charge in [-0.05, 0) is 31.4 Å². The van der Waals surface area contributed by atoms with E-state index in [1.165, 1.54) is 0 Å². The largest absolute Gasteiger partial charge is 0.379 e. The maximum Gasteiger partial charge on any atom is 0.272 e. The summed E-state index contributed by atoms with van der Waals surface area (Å²) in [5.41, 5.74) is 1.92. The van der Waals surface area contributed by atoms with Crippen molar-refractivity contribution in [1.82, 2.24) is 0 Å². The van der Waals surface area contributed by atoms with Crippen molar-refractivity contribution >= 4 is 11.4 Å². The Labute approximate surface area is 113 Å². The number of nitrogens with zero attached hydrogens (tertiary/aromatic N) is 2. The van der Waals surface area contributed by atoms with E-state index in [-0.39, 0.29) is 16.7 Å². The molecular weight excluding hydrogens is 244 g/mol. The lowest BCUT2D eigenvalue weighted by molar-refractivity contribution is -0.385. The van der Waals surface area contributed by atoms with Crippen molar-refractivity contribution in [2.75, 3.05) is 25.1 Å². The molecule has 19 heavy (non-hydrogen) atoms. The molecule has 104 valence electrons. The smallest absolute Gasteiger partial charge is 0.272 e. The van der Waals surface area contributed by atoms with Gasteiger partial charge in [0.1, 0.15) is 0 Å². The minimum absolute atomic E-state index is 0.178. The van der Waals surface area contributed by atoms with E-state index in [1.54, 1.807) is 20.1 Å². The molecule has 0 radical (unpaired) electrons. The second kappa shape index (κ2) is 5.57. The van der Waals surface area contributed by atoms with Crippen LogP contribution in [-0.2, 0) is 4.74 Å². The van der Waals surface area contributed by atoms with E-state index in [1.807, 2.05) is 12.1 Å². The first-order valence-corrected chi connectivity index (χ1v) is 6.55. The highest BCUT2D eigenvalue weighted by Gasteiger charge is 2.26. The van der Waals surface area contributed by atoms with E-state index >= 15 is 0 Å². The van der Waals surface area contributed by atoms with E-state index in [0.717, 1.165) is 25.2 Å². The fourth-order valence-electron chi connectivity index (χ4n) is 2.62. The molecule has 0 saturated carbocycles. The molecule has 1 saturated heterocycles. The first-order chi connectivity index (χ1) is 9.02. The lowest BCUT2D eigenvalue weighted by Crippen LogP contribution is -2.43. The van der Waals surface area contributed by atoms with Crippen molar-refractivity contribution in [3.8, 4) is 0 Å². The molecule has 0 N–H and O–H groups in total. The molecule has 5 nitrogen and oxygen atoms in total. The fourth-order valence-corrected chi connectivity index (χ4v) is 2.62. The number of methoxy groups -OCH3 is 1. The SMILES string of the molecule is COC1CN(c2ccc([N+](=O)[O-])c(C)c2)CCC1C. The minimum Gasteiger partial charge on any atom is -0.379 e. The topological polar surface area (TPSA) is 55.6 Å². The average molecular weight is 264 g/mol. The molecule has 1 heterocycles. The number of nitro benzene ring substituents is 1. The van der Waals surface area contributed by atoms with Gasteiger partial charge in [-0.25, -0.2) is 0 Å². The quantitative estimate of drug-likeness (QED) is 0.622. The van der Waals surface area contributed by atoms with Crippen LogP contribution < -0.4 is 4.90 Å². The van der Waals surface area contributed by atoms with Crippen LogP contribution in [0.5, 0.6) is 0 Å². The molecule has 2 atom stereocenters. The van der Waals surface area contributed by atoms with Crippen LogP contribution in [0.25, 0.3) is 0 Å². The molecule has 0 amide bonds. The third kappa shape index (κ3) is 2.87. The molecule has 0 aromatic heterocycles. The van der Waals surface area contributed by atoms with Crippen LogP contribution in [0.3, 0.4) is 0 Å². The summed E-state index contributed by atoms with van der Waals surface area (Å²) < 4.78 is 5.50. The summed E-state index contributed by atoms with van der Waals surface area (Å²) in [6.07, 6.45) is 1.30. The summed E-state index contributed by atoms with van der Waals surface area (Å²) in [5, 5.41) is 10.8. The van der Waals surface area contributed by atoms with E-state index in [0.29, 0.717) is 11.5 Å². The lowest BCUT2D eigenvalue weighted by Gasteiger charge is -2.37. The van der Waals surface area contributed by atoms with Crippen LogP contribution in [0, 0.1) is 23.0 Å². The van der Waals surface area contributed by atoms with Gasteiger partial charge in [0.05, 0.1) is 11.0 Å². The number of anilines is 1. The van der Waals surface area contributed by atoms with Crippen molar-refractivity contribution in [1.29, 1.82) is 0 Å². The molecule has 1 aliphatic rings. The van der Waals surface area contributed by atoms with Gasteiger partial charge in [0.2, 0.25) is 0 Å². The van der Waals surface area contributed by atoms with Gasteiger partial charge in [-0.3, -0.25) is 10.1 Å². The highest BCUT2D eigenvalue weighted by molar-refractivity contribution is 5.55. The van der Waals surface area contributed by atoms with Crippen LogP contribution in [0.15, 0.2) is 18.2 Å². The van der Waals surface area contributed by atoms with Gasteiger partial charge in [0.15, 0.2) is 0 Å².